The predicted molar refractivity (Wildman–Crippen MR) is 208 cm³/mol. The van der Waals surface area contributed by atoms with Gasteiger partial charge in [-0.3, -0.25) is 0 Å². The molecule has 4 heterocycles. The molecule has 7 aromatic rings. The van der Waals surface area contributed by atoms with Gasteiger partial charge >= 0.3 is 126 Å². The molecule has 6 heteroatoms. The van der Waals surface area contributed by atoms with E-state index in [0.717, 1.165) is 63.0 Å². The number of furan rings is 1. The molecule has 0 bridgehead atoms. The molecule has 0 fully saturated rings. The molecule has 7 rings (SSSR count). The van der Waals surface area contributed by atoms with Crippen LogP contribution >= 0.6 is 0 Å². The Kier molecular flexibility index (Phi) is 12.3. The van der Waals surface area contributed by atoms with Crippen LogP contribution in [0.3, 0.4) is 0 Å². The fourth-order valence-electron chi connectivity index (χ4n) is 6.22. The molecule has 1 radical (unpaired) electrons. The number of hydrogen-bond donors (Lipinski definition) is 0. The van der Waals surface area contributed by atoms with Crippen molar-refractivity contribution in [3.05, 3.63) is 133 Å². The van der Waals surface area contributed by atoms with Gasteiger partial charge in [0, 0.05) is 37.3 Å². The van der Waals surface area contributed by atoms with E-state index < -0.39 is 13.3 Å². The van der Waals surface area contributed by atoms with Gasteiger partial charge < -0.3 is 9.40 Å². The molecule has 3 aromatic carbocycles. The number of rotatable bonds is 8. The molecule has 0 N–H and O–H groups in total. The average Bonchev–Trinajstić information content (AvgIpc) is 3.46. The first kappa shape index (κ1) is 37.4. The van der Waals surface area contributed by atoms with Crippen LogP contribution in [0.1, 0.15) is 38.8 Å². The Labute approximate surface area is 313 Å². The molecule has 0 unspecified atom stereocenters. The van der Waals surface area contributed by atoms with Crippen molar-refractivity contribution >= 4 is 39.7 Å². The first-order valence-electron chi connectivity index (χ1n) is 17.3. The second-order valence-corrected chi connectivity index (χ2v) is 25.2. The third-order valence-corrected chi connectivity index (χ3v) is 12.8. The van der Waals surface area contributed by atoms with Crippen LogP contribution in [0.4, 0.5) is 0 Å². The maximum absolute atomic E-state index is 6.02. The van der Waals surface area contributed by atoms with Crippen molar-refractivity contribution in [3.63, 3.8) is 0 Å². The Hall–Kier alpha value is -3.90. The van der Waals surface area contributed by atoms with Crippen LogP contribution in [0.5, 0.6) is 0 Å². The molecule has 0 aliphatic heterocycles. The van der Waals surface area contributed by atoms with Crippen LogP contribution < -0.4 is 4.40 Å². The monoisotopic (exact) mass is 898 g/mol. The van der Waals surface area contributed by atoms with Crippen molar-refractivity contribution in [1.82, 2.24) is 15.0 Å². The number of hydrogen-bond acceptors (Lipinski definition) is 4. The Bertz CT molecular complexity index is 2170. The van der Waals surface area contributed by atoms with E-state index in [9.17, 15) is 0 Å². The molecular formula is C44H45GeIrN3O-2. The normalized spacial score (nSPS) is 11.5. The van der Waals surface area contributed by atoms with Crippen LogP contribution in [0.25, 0.3) is 55.8 Å². The zero-order valence-electron chi connectivity index (χ0n) is 30.0. The van der Waals surface area contributed by atoms with Crippen molar-refractivity contribution < 1.29 is 24.5 Å². The number of nitrogens with zero attached hydrogens (tertiary/aromatic N) is 3. The number of pyridine rings is 3. The van der Waals surface area contributed by atoms with E-state index in [1.165, 1.54) is 11.1 Å². The maximum atomic E-state index is 6.02. The van der Waals surface area contributed by atoms with Crippen molar-refractivity contribution in [1.29, 1.82) is 0 Å². The first-order chi connectivity index (χ1) is 23.5. The fraction of sp³-hybridized carbons (Fsp3) is 0.250. The van der Waals surface area contributed by atoms with Gasteiger partial charge in [-0.25, -0.2) is 4.98 Å². The van der Waals surface area contributed by atoms with E-state index in [4.69, 9.17) is 14.4 Å². The summed E-state index contributed by atoms with van der Waals surface area (Å²) in [5.74, 6) is 8.60. The summed E-state index contributed by atoms with van der Waals surface area (Å²) in [6.45, 7) is 9.03. The second-order valence-electron chi connectivity index (χ2n) is 14.6. The minimum atomic E-state index is -1.86. The van der Waals surface area contributed by atoms with Crippen LogP contribution in [0.15, 0.2) is 114 Å². The topological polar surface area (TPSA) is 51.8 Å². The van der Waals surface area contributed by atoms with Crippen molar-refractivity contribution in [3.8, 4) is 33.8 Å². The standard InChI is InChI=1S/C26H21N2O.C18H24GeN.Ir/c1-17(2)14-18-12-13-27-24(15-18)20-8-11-25-22(16-20)21-9-10-23(28-26(21)29-25)19-6-4-3-5-7-19;1-14(2)11-16-12-18(15-9-7-6-8-10-15)20-13-17(16)19(3,4)5;/h3-7,9-13,15-17H,14H2,1-2H3;6-9,12-14H,11H2,1-5H3;/q2*-1;. The van der Waals surface area contributed by atoms with Crippen LogP contribution in [0.2, 0.25) is 17.3 Å². The Morgan fingerprint density at radius 2 is 1.44 bits per heavy atom. The van der Waals surface area contributed by atoms with Gasteiger partial charge in [0.25, 0.3) is 0 Å². The smallest absolute Gasteiger partial charge is 0.216 e. The number of benzene rings is 3. The van der Waals surface area contributed by atoms with Gasteiger partial charge in [0.1, 0.15) is 0 Å². The van der Waals surface area contributed by atoms with Gasteiger partial charge in [-0.05, 0) is 36.2 Å². The zero-order chi connectivity index (χ0) is 34.5. The largest absolute Gasteiger partial charge is 0.486 e. The summed E-state index contributed by atoms with van der Waals surface area (Å²) in [6, 6.07) is 39.5. The summed E-state index contributed by atoms with van der Waals surface area (Å²) in [6.07, 6.45) is 6.19. The summed E-state index contributed by atoms with van der Waals surface area (Å²) in [5.41, 5.74) is 10.3. The van der Waals surface area contributed by atoms with Gasteiger partial charge in [0.15, 0.2) is 0 Å². The molecule has 4 aromatic heterocycles. The van der Waals surface area contributed by atoms with Crippen LogP contribution in [-0.4, -0.2) is 28.2 Å². The summed E-state index contributed by atoms with van der Waals surface area (Å²) in [4.78, 5) is 14.0. The third kappa shape index (κ3) is 9.06. The number of aromatic nitrogens is 3. The average molecular weight is 897 g/mol. The van der Waals surface area contributed by atoms with E-state index in [1.54, 1.807) is 4.40 Å². The molecule has 0 aliphatic carbocycles. The van der Waals surface area contributed by atoms with Gasteiger partial charge in [0.2, 0.25) is 5.71 Å². The van der Waals surface area contributed by atoms with Crippen molar-refractivity contribution in [2.24, 2.45) is 11.8 Å². The molecule has 50 heavy (non-hydrogen) atoms. The maximum Gasteiger partial charge on any atom is 0.216 e. The Morgan fingerprint density at radius 1 is 0.700 bits per heavy atom. The molecular weight excluding hydrogens is 851 g/mol. The number of fused-ring (bicyclic) bond motifs is 3. The molecule has 4 nitrogen and oxygen atoms in total. The fourth-order valence-corrected chi connectivity index (χ4v) is 9.55. The zero-order valence-corrected chi connectivity index (χ0v) is 34.5. The molecule has 0 aliphatic rings. The van der Waals surface area contributed by atoms with Gasteiger partial charge in [0.05, 0.1) is 11.3 Å². The van der Waals surface area contributed by atoms with E-state index in [2.05, 4.69) is 117 Å². The Balaban J connectivity index is 0.000000204. The van der Waals surface area contributed by atoms with Crippen LogP contribution in [0, 0.1) is 24.0 Å². The summed E-state index contributed by atoms with van der Waals surface area (Å²) in [7, 11) is 0. The van der Waals surface area contributed by atoms with Gasteiger partial charge in [-0.1, -0.05) is 61.2 Å². The van der Waals surface area contributed by atoms with Crippen molar-refractivity contribution in [2.75, 3.05) is 0 Å². The van der Waals surface area contributed by atoms with E-state index in [0.29, 0.717) is 17.5 Å². The third-order valence-electron chi connectivity index (χ3n) is 8.49. The predicted octanol–water partition coefficient (Wildman–Crippen LogP) is 11.0. The van der Waals surface area contributed by atoms with Crippen LogP contribution in [-0.2, 0) is 32.9 Å². The SMILES string of the molecule is CC(C)Cc1cc(-c2[c-]cccc2)nc[c]1[Ge]([CH3])([CH3])[CH3].CC(C)Cc1ccnc(-c2[c-]cc3oc4nc(-c5ccccc5)ccc4c3c2)c1.[Ir]. The van der Waals surface area contributed by atoms with Crippen molar-refractivity contribution in [2.45, 2.75) is 57.8 Å². The molecule has 257 valence electrons. The van der Waals surface area contributed by atoms with E-state index in [1.807, 2.05) is 54.7 Å². The summed E-state index contributed by atoms with van der Waals surface area (Å²) < 4.78 is 7.56. The summed E-state index contributed by atoms with van der Waals surface area (Å²) in [5, 5.41) is 2.05. The first-order valence-corrected chi connectivity index (χ1v) is 24.6. The molecule has 0 saturated carbocycles. The van der Waals surface area contributed by atoms with E-state index in [-0.39, 0.29) is 20.1 Å². The van der Waals surface area contributed by atoms with Gasteiger partial charge in [-0.15, -0.1) is 23.8 Å². The van der Waals surface area contributed by atoms with E-state index >= 15 is 0 Å². The molecule has 0 saturated heterocycles. The summed E-state index contributed by atoms with van der Waals surface area (Å²) >= 11 is -1.86. The van der Waals surface area contributed by atoms with Gasteiger partial charge in [-0.2, -0.15) is 0 Å². The molecule has 0 spiro atoms. The Morgan fingerprint density at radius 3 is 2.14 bits per heavy atom. The minimum absolute atomic E-state index is 0. The molecule has 0 amide bonds. The second kappa shape index (κ2) is 16.4. The molecule has 0 atom stereocenters. The minimum Gasteiger partial charge on any atom is -0.486 e. The quantitative estimate of drug-likeness (QED) is 0.113.